The number of benzene rings is 3. The first-order valence-corrected chi connectivity index (χ1v) is 8.73. The lowest BCUT2D eigenvalue weighted by molar-refractivity contribution is 0.761. The van der Waals surface area contributed by atoms with Crippen molar-refractivity contribution in [1.82, 2.24) is 20.2 Å². The molecule has 0 bridgehead atoms. The lowest BCUT2D eigenvalue weighted by atomic mass is 10.00. The van der Waals surface area contributed by atoms with E-state index in [0.717, 1.165) is 36.3 Å². The molecule has 3 aromatic carbocycles. The van der Waals surface area contributed by atoms with Crippen LogP contribution >= 0.6 is 0 Å². The molecule has 4 rings (SSSR count). The van der Waals surface area contributed by atoms with Crippen molar-refractivity contribution in [2.45, 2.75) is 26.2 Å². The van der Waals surface area contributed by atoms with E-state index in [1.54, 1.807) is 0 Å². The van der Waals surface area contributed by atoms with Crippen LogP contribution in [0.2, 0.25) is 0 Å². The number of aromatic nitrogens is 4. The highest BCUT2D eigenvalue weighted by Gasteiger charge is 2.16. The van der Waals surface area contributed by atoms with Crippen LogP contribution in [-0.4, -0.2) is 20.2 Å². The third-order valence-electron chi connectivity index (χ3n) is 4.50. The van der Waals surface area contributed by atoms with Gasteiger partial charge in [0.05, 0.1) is 5.69 Å². The predicted octanol–water partition coefficient (Wildman–Crippen LogP) is 4.83. The topological polar surface area (TPSA) is 43.6 Å². The molecule has 124 valence electrons. The van der Waals surface area contributed by atoms with Gasteiger partial charge in [0.1, 0.15) is 0 Å². The van der Waals surface area contributed by atoms with Gasteiger partial charge in [0, 0.05) is 10.9 Å². The maximum absolute atomic E-state index is 4.34. The molecule has 0 saturated carbocycles. The van der Waals surface area contributed by atoms with E-state index in [9.17, 15) is 0 Å². The van der Waals surface area contributed by atoms with Crippen molar-refractivity contribution in [2.75, 3.05) is 0 Å². The third-order valence-corrected chi connectivity index (χ3v) is 4.50. The van der Waals surface area contributed by atoms with E-state index in [0.29, 0.717) is 0 Å². The zero-order chi connectivity index (χ0) is 17.1. The second-order valence-electron chi connectivity index (χ2n) is 6.18. The maximum Gasteiger partial charge on any atom is 0.187 e. The fourth-order valence-corrected chi connectivity index (χ4v) is 3.22. The Bertz CT molecular complexity index is 989. The van der Waals surface area contributed by atoms with E-state index in [-0.39, 0.29) is 0 Å². The molecular formula is C21H20N4. The van der Waals surface area contributed by atoms with Gasteiger partial charge in [-0.15, -0.1) is 5.10 Å². The Kier molecular flexibility index (Phi) is 4.25. The molecule has 0 N–H and O–H groups in total. The first-order chi connectivity index (χ1) is 12.4. The summed E-state index contributed by atoms with van der Waals surface area (Å²) in [6.07, 6.45) is 3.33. The largest absolute Gasteiger partial charge is 0.192 e. The summed E-state index contributed by atoms with van der Waals surface area (Å²) < 4.78 is 1.89. The minimum atomic E-state index is 0.773. The summed E-state index contributed by atoms with van der Waals surface area (Å²) in [6, 6.07) is 22.9. The summed E-state index contributed by atoms with van der Waals surface area (Å²) in [5, 5.41) is 15.0. The Morgan fingerprint density at radius 3 is 2.52 bits per heavy atom. The van der Waals surface area contributed by atoms with Gasteiger partial charge in [0.25, 0.3) is 0 Å². The summed E-state index contributed by atoms with van der Waals surface area (Å²) in [4.78, 5) is 0. The van der Waals surface area contributed by atoms with Crippen LogP contribution in [0.3, 0.4) is 0 Å². The Hall–Kier alpha value is -3.01. The molecule has 0 amide bonds. The van der Waals surface area contributed by atoms with Crippen molar-refractivity contribution in [3.8, 4) is 17.1 Å². The molecule has 25 heavy (non-hydrogen) atoms. The average Bonchev–Trinajstić information content (AvgIpc) is 3.16. The van der Waals surface area contributed by atoms with Crippen LogP contribution in [0.5, 0.6) is 0 Å². The molecule has 1 heterocycles. The Balaban J connectivity index is 1.96. The molecule has 4 aromatic rings. The fourth-order valence-electron chi connectivity index (χ4n) is 3.22. The second kappa shape index (κ2) is 6.85. The molecule has 0 aliphatic carbocycles. The van der Waals surface area contributed by atoms with Gasteiger partial charge < -0.3 is 0 Å². The van der Waals surface area contributed by atoms with Crippen molar-refractivity contribution in [2.24, 2.45) is 0 Å². The Morgan fingerprint density at radius 1 is 0.880 bits per heavy atom. The summed E-state index contributed by atoms with van der Waals surface area (Å²) in [5.41, 5.74) is 3.39. The Morgan fingerprint density at radius 2 is 1.68 bits per heavy atom. The number of unbranched alkanes of at least 4 members (excludes halogenated alkanes) is 1. The van der Waals surface area contributed by atoms with Gasteiger partial charge in [-0.05, 0) is 34.2 Å². The molecule has 0 atom stereocenters. The van der Waals surface area contributed by atoms with Crippen LogP contribution in [0.25, 0.3) is 27.8 Å². The molecule has 1 aromatic heterocycles. The van der Waals surface area contributed by atoms with E-state index in [2.05, 4.69) is 58.8 Å². The van der Waals surface area contributed by atoms with Crippen LogP contribution in [-0.2, 0) is 6.42 Å². The highest BCUT2D eigenvalue weighted by molar-refractivity contribution is 5.92. The van der Waals surface area contributed by atoms with Crippen molar-refractivity contribution < 1.29 is 0 Å². The van der Waals surface area contributed by atoms with Crippen molar-refractivity contribution in [1.29, 1.82) is 0 Å². The molecule has 0 aliphatic rings. The molecule has 0 saturated heterocycles. The van der Waals surface area contributed by atoms with E-state index in [4.69, 9.17) is 0 Å². The molecule has 0 radical (unpaired) electrons. The van der Waals surface area contributed by atoms with E-state index >= 15 is 0 Å². The SMILES string of the molecule is CCCCc1ccc2ccccc2c1-n1nnnc1-c1ccccc1. The number of hydrogen-bond acceptors (Lipinski definition) is 3. The summed E-state index contributed by atoms with van der Waals surface area (Å²) in [7, 11) is 0. The quantitative estimate of drug-likeness (QED) is 0.527. The van der Waals surface area contributed by atoms with Gasteiger partial charge in [-0.3, -0.25) is 0 Å². The monoisotopic (exact) mass is 328 g/mol. The fraction of sp³-hybridized carbons (Fsp3) is 0.190. The molecule has 4 nitrogen and oxygen atoms in total. The smallest absolute Gasteiger partial charge is 0.187 e. The number of aryl methyl sites for hydroxylation is 1. The average molecular weight is 328 g/mol. The second-order valence-corrected chi connectivity index (χ2v) is 6.18. The number of rotatable bonds is 5. The van der Waals surface area contributed by atoms with Crippen molar-refractivity contribution in [3.63, 3.8) is 0 Å². The van der Waals surface area contributed by atoms with Crippen LogP contribution in [0.1, 0.15) is 25.3 Å². The predicted molar refractivity (Wildman–Crippen MR) is 101 cm³/mol. The standard InChI is InChI=1S/C21H20N4/c1-2-3-9-17-15-14-16-10-7-8-13-19(16)20(17)25-21(22-23-24-25)18-11-5-4-6-12-18/h4-8,10-15H,2-3,9H2,1H3. The number of nitrogens with zero attached hydrogens (tertiary/aromatic N) is 4. The van der Waals surface area contributed by atoms with Crippen LogP contribution in [0.4, 0.5) is 0 Å². The maximum atomic E-state index is 4.34. The minimum absolute atomic E-state index is 0.773. The third kappa shape index (κ3) is 2.91. The first kappa shape index (κ1) is 15.5. The van der Waals surface area contributed by atoms with Crippen molar-refractivity contribution in [3.05, 3.63) is 72.3 Å². The van der Waals surface area contributed by atoms with Gasteiger partial charge >= 0.3 is 0 Å². The molecule has 0 spiro atoms. The number of tetrazole rings is 1. The minimum Gasteiger partial charge on any atom is -0.192 e. The molecule has 0 fully saturated rings. The van der Waals surface area contributed by atoms with Crippen LogP contribution in [0, 0.1) is 0 Å². The summed E-state index contributed by atoms with van der Waals surface area (Å²) in [6.45, 7) is 2.22. The Labute approximate surface area is 147 Å². The van der Waals surface area contributed by atoms with Gasteiger partial charge in [-0.2, -0.15) is 4.68 Å². The zero-order valence-electron chi connectivity index (χ0n) is 14.3. The first-order valence-electron chi connectivity index (χ1n) is 8.73. The molecule has 0 aliphatic heterocycles. The highest BCUT2D eigenvalue weighted by atomic mass is 15.5. The molecule has 4 heteroatoms. The van der Waals surface area contributed by atoms with Gasteiger partial charge in [0.15, 0.2) is 5.82 Å². The van der Waals surface area contributed by atoms with Crippen LogP contribution in [0.15, 0.2) is 66.7 Å². The highest BCUT2D eigenvalue weighted by Crippen LogP contribution is 2.29. The van der Waals surface area contributed by atoms with E-state index in [1.165, 1.54) is 16.3 Å². The van der Waals surface area contributed by atoms with Crippen molar-refractivity contribution >= 4 is 10.8 Å². The molecule has 0 unspecified atom stereocenters. The lowest BCUT2D eigenvalue weighted by Crippen LogP contribution is -2.05. The lowest BCUT2D eigenvalue weighted by Gasteiger charge is -2.14. The summed E-state index contributed by atoms with van der Waals surface area (Å²) >= 11 is 0. The van der Waals surface area contributed by atoms with E-state index in [1.807, 2.05) is 35.0 Å². The number of fused-ring (bicyclic) bond motifs is 1. The number of hydrogen-bond donors (Lipinski definition) is 0. The zero-order valence-corrected chi connectivity index (χ0v) is 14.3. The van der Waals surface area contributed by atoms with Gasteiger partial charge in [0.2, 0.25) is 0 Å². The normalized spacial score (nSPS) is 11.1. The van der Waals surface area contributed by atoms with Crippen LogP contribution < -0.4 is 0 Å². The molecular weight excluding hydrogens is 308 g/mol. The van der Waals surface area contributed by atoms with Gasteiger partial charge in [-0.25, -0.2) is 0 Å². The van der Waals surface area contributed by atoms with E-state index < -0.39 is 0 Å². The van der Waals surface area contributed by atoms with Gasteiger partial charge in [-0.1, -0.05) is 80.1 Å². The summed E-state index contributed by atoms with van der Waals surface area (Å²) in [5.74, 6) is 0.773.